The largest absolute Gasteiger partial charge is 0.465 e. The second-order valence-corrected chi connectivity index (χ2v) is 17.9. The van der Waals surface area contributed by atoms with Crippen LogP contribution < -0.4 is 0 Å². The lowest BCUT2D eigenvalue weighted by molar-refractivity contribution is -0.150. The quantitative estimate of drug-likeness (QED) is 0.0377. The Kier molecular flexibility index (Phi) is 39.4. The Hall–Kier alpha value is -1.66. The number of rotatable bonds is 40. The van der Waals surface area contributed by atoms with Crippen LogP contribution in [0.3, 0.4) is 0 Å². The van der Waals surface area contributed by atoms with Gasteiger partial charge in [0.1, 0.15) is 0 Å². The third kappa shape index (κ3) is 34.1. The van der Waals surface area contributed by atoms with Crippen molar-refractivity contribution in [3.63, 3.8) is 0 Å². The zero-order chi connectivity index (χ0) is 42.0. The summed E-state index contributed by atoms with van der Waals surface area (Å²) in [6, 6.07) is 0.575. The molecule has 0 aromatic carbocycles. The first-order valence-electron chi connectivity index (χ1n) is 25.5. The van der Waals surface area contributed by atoms with Crippen molar-refractivity contribution in [1.82, 2.24) is 4.90 Å². The van der Waals surface area contributed by atoms with E-state index in [1.54, 1.807) is 0 Å². The number of aliphatic hydroxyl groups is 1. The Bertz CT molecular complexity index is 957. The first-order valence-corrected chi connectivity index (χ1v) is 25.5. The highest BCUT2D eigenvalue weighted by molar-refractivity contribution is 5.70. The van der Waals surface area contributed by atoms with Crippen molar-refractivity contribution in [2.45, 2.75) is 252 Å². The van der Waals surface area contributed by atoms with Gasteiger partial charge in [-0.1, -0.05) is 180 Å². The Balaban J connectivity index is 2.58. The highest BCUT2D eigenvalue weighted by Gasteiger charge is 2.21. The SMILES string of the molecule is CCCCC/C=C\C/C=C\CCCCCCCC(=O)OCC(CCCCN(CCO)C1CCCCCCC1)COC(=O)CC(CCCCCC)CCCCCCCC. The van der Waals surface area contributed by atoms with Crippen LogP contribution in [-0.4, -0.2) is 60.9 Å². The summed E-state index contributed by atoms with van der Waals surface area (Å²) in [5.41, 5.74) is 0. The van der Waals surface area contributed by atoms with Crippen LogP contribution in [0.4, 0.5) is 0 Å². The van der Waals surface area contributed by atoms with Crippen LogP contribution in [0.25, 0.3) is 0 Å². The molecule has 340 valence electrons. The molecule has 1 rings (SSSR count). The maximum absolute atomic E-state index is 13.3. The van der Waals surface area contributed by atoms with Crippen LogP contribution in [0.1, 0.15) is 245 Å². The predicted molar refractivity (Wildman–Crippen MR) is 248 cm³/mol. The number of carbonyl (C=O) groups excluding carboxylic acids is 2. The molecule has 0 radical (unpaired) electrons. The molecule has 1 fully saturated rings. The van der Waals surface area contributed by atoms with Crippen molar-refractivity contribution >= 4 is 11.9 Å². The number of hydrogen-bond acceptors (Lipinski definition) is 6. The molecule has 1 aliphatic carbocycles. The number of esters is 2. The average Bonchev–Trinajstić information content (AvgIpc) is 3.21. The second kappa shape index (κ2) is 42.0. The van der Waals surface area contributed by atoms with Crippen LogP contribution in [-0.2, 0) is 19.1 Å². The minimum atomic E-state index is -0.119. The summed E-state index contributed by atoms with van der Waals surface area (Å²) in [5, 5.41) is 9.85. The lowest BCUT2D eigenvalue weighted by Crippen LogP contribution is -2.38. The highest BCUT2D eigenvalue weighted by atomic mass is 16.5. The Morgan fingerprint density at radius 1 is 0.552 bits per heavy atom. The Morgan fingerprint density at radius 3 is 1.67 bits per heavy atom. The topological polar surface area (TPSA) is 76.1 Å². The number of ether oxygens (including phenoxy) is 2. The summed E-state index contributed by atoms with van der Waals surface area (Å²) in [6.07, 6.45) is 49.8. The van der Waals surface area contributed by atoms with E-state index in [-0.39, 0.29) is 24.5 Å². The van der Waals surface area contributed by atoms with Gasteiger partial charge < -0.3 is 14.6 Å². The van der Waals surface area contributed by atoms with Crippen LogP contribution in [0.5, 0.6) is 0 Å². The van der Waals surface area contributed by atoms with E-state index >= 15 is 0 Å². The van der Waals surface area contributed by atoms with E-state index in [4.69, 9.17) is 9.47 Å². The van der Waals surface area contributed by atoms with Gasteiger partial charge in [0.2, 0.25) is 0 Å². The van der Waals surface area contributed by atoms with Crippen LogP contribution in [0.15, 0.2) is 24.3 Å². The molecule has 1 N–H and O–H groups in total. The van der Waals surface area contributed by atoms with E-state index in [9.17, 15) is 14.7 Å². The number of allylic oxidation sites excluding steroid dienone is 4. The monoisotopic (exact) mass is 816 g/mol. The number of hydrogen-bond donors (Lipinski definition) is 1. The van der Waals surface area contributed by atoms with Crippen molar-refractivity contribution < 1.29 is 24.2 Å². The molecule has 0 spiro atoms. The normalized spacial score (nSPS) is 15.3. The van der Waals surface area contributed by atoms with E-state index in [0.29, 0.717) is 38.0 Å². The van der Waals surface area contributed by atoms with E-state index in [2.05, 4.69) is 50.0 Å². The summed E-state index contributed by atoms with van der Waals surface area (Å²) in [7, 11) is 0. The predicted octanol–water partition coefficient (Wildman–Crippen LogP) is 14.8. The van der Waals surface area contributed by atoms with Gasteiger partial charge in [0.25, 0.3) is 0 Å². The summed E-state index contributed by atoms with van der Waals surface area (Å²) in [6.45, 7) is 9.36. The van der Waals surface area contributed by atoms with Gasteiger partial charge in [-0.05, 0) is 89.5 Å². The Morgan fingerprint density at radius 2 is 1.03 bits per heavy atom. The molecule has 0 aromatic heterocycles. The molecule has 0 aromatic rings. The maximum Gasteiger partial charge on any atom is 0.306 e. The van der Waals surface area contributed by atoms with Crippen LogP contribution in [0, 0.1) is 11.8 Å². The average molecular weight is 816 g/mol. The molecule has 1 aliphatic rings. The molecule has 2 atom stereocenters. The Labute approximate surface area is 360 Å². The third-order valence-corrected chi connectivity index (χ3v) is 12.5. The number of nitrogens with zero attached hydrogens (tertiary/aromatic N) is 1. The molecule has 0 amide bonds. The molecule has 58 heavy (non-hydrogen) atoms. The summed E-state index contributed by atoms with van der Waals surface area (Å²) in [5.74, 6) is 0.228. The molecule has 1 saturated carbocycles. The smallest absolute Gasteiger partial charge is 0.306 e. The van der Waals surface area contributed by atoms with Gasteiger partial charge in [-0.15, -0.1) is 0 Å². The molecule has 2 unspecified atom stereocenters. The third-order valence-electron chi connectivity index (χ3n) is 12.5. The lowest BCUT2D eigenvalue weighted by atomic mass is 9.91. The van der Waals surface area contributed by atoms with Gasteiger partial charge in [0, 0.05) is 31.3 Å². The fraction of sp³-hybridized carbons (Fsp3) is 0.885. The molecule has 6 heteroatoms. The number of unbranched alkanes of at least 4 members (excludes halogenated alkanes) is 17. The molecule has 0 bridgehead atoms. The number of carbonyl (C=O) groups is 2. The van der Waals surface area contributed by atoms with Gasteiger partial charge in [-0.25, -0.2) is 0 Å². The summed E-state index contributed by atoms with van der Waals surface area (Å²) < 4.78 is 11.9. The van der Waals surface area contributed by atoms with Gasteiger partial charge in [0.05, 0.1) is 19.8 Å². The van der Waals surface area contributed by atoms with Gasteiger partial charge in [-0.2, -0.15) is 0 Å². The van der Waals surface area contributed by atoms with E-state index in [0.717, 1.165) is 77.3 Å². The van der Waals surface area contributed by atoms with Gasteiger partial charge >= 0.3 is 11.9 Å². The van der Waals surface area contributed by atoms with Crippen molar-refractivity contribution in [3.8, 4) is 0 Å². The molecule has 0 saturated heterocycles. The summed E-state index contributed by atoms with van der Waals surface area (Å²) in [4.78, 5) is 28.6. The zero-order valence-electron chi connectivity index (χ0n) is 38.9. The second-order valence-electron chi connectivity index (χ2n) is 17.9. The van der Waals surface area contributed by atoms with E-state index in [1.165, 1.54) is 148 Å². The van der Waals surface area contributed by atoms with Crippen molar-refractivity contribution in [2.24, 2.45) is 11.8 Å². The van der Waals surface area contributed by atoms with Crippen molar-refractivity contribution in [3.05, 3.63) is 24.3 Å². The number of aliphatic hydroxyl groups excluding tert-OH is 1. The van der Waals surface area contributed by atoms with Gasteiger partial charge in [0.15, 0.2) is 0 Å². The maximum atomic E-state index is 13.3. The van der Waals surface area contributed by atoms with Crippen LogP contribution in [0.2, 0.25) is 0 Å². The minimum Gasteiger partial charge on any atom is -0.465 e. The molecular formula is C52H97NO5. The van der Waals surface area contributed by atoms with Crippen molar-refractivity contribution in [1.29, 1.82) is 0 Å². The zero-order valence-corrected chi connectivity index (χ0v) is 38.9. The molecule has 6 nitrogen and oxygen atoms in total. The standard InChI is InChI=1S/C52H97NO5/c1-4-7-10-13-15-16-17-18-19-20-21-22-23-28-33-41-51(55)57-46-49(38-34-35-42-53(43-44-54)50-39-31-26-24-27-32-40-50)47-58-52(56)45-48(36-29-12-9-6-3)37-30-25-14-11-8-5-2/h15-16,18-19,48-50,54H,4-14,17,20-47H2,1-3H3/b16-15-,19-18-. The molecule has 0 aliphatic heterocycles. The summed E-state index contributed by atoms with van der Waals surface area (Å²) >= 11 is 0. The van der Waals surface area contributed by atoms with E-state index in [1.807, 2.05) is 0 Å². The van der Waals surface area contributed by atoms with Crippen LogP contribution >= 0.6 is 0 Å². The molecular weight excluding hydrogens is 719 g/mol. The minimum absolute atomic E-state index is 0.0201. The first-order chi connectivity index (χ1) is 28.5. The van der Waals surface area contributed by atoms with Crippen molar-refractivity contribution in [2.75, 3.05) is 32.9 Å². The lowest BCUT2D eigenvalue weighted by Gasteiger charge is -2.32. The van der Waals surface area contributed by atoms with E-state index < -0.39 is 0 Å². The first kappa shape index (κ1) is 54.4. The molecule has 0 heterocycles. The fourth-order valence-corrected chi connectivity index (χ4v) is 8.66. The van der Waals surface area contributed by atoms with Gasteiger partial charge in [-0.3, -0.25) is 14.5 Å². The highest BCUT2D eigenvalue weighted by Crippen LogP contribution is 2.24. The fourth-order valence-electron chi connectivity index (χ4n) is 8.66.